The number of anilines is 1. The Morgan fingerprint density at radius 1 is 1.10 bits per heavy atom. The molecule has 0 aliphatic carbocycles. The molecule has 0 aliphatic heterocycles. The van der Waals surface area contributed by atoms with Gasteiger partial charge >= 0.3 is 0 Å². The third-order valence-corrected chi connectivity index (χ3v) is 4.90. The van der Waals surface area contributed by atoms with Crippen molar-refractivity contribution in [2.45, 2.75) is 13.0 Å². The van der Waals surface area contributed by atoms with Crippen LogP contribution in [0.3, 0.4) is 0 Å². The van der Waals surface area contributed by atoms with Gasteiger partial charge in [0.2, 0.25) is 0 Å². The zero-order valence-electron chi connectivity index (χ0n) is 16.2. The summed E-state index contributed by atoms with van der Waals surface area (Å²) in [5, 5.41) is 3.20. The maximum atomic E-state index is 14.0. The van der Waals surface area contributed by atoms with Crippen molar-refractivity contribution in [1.29, 1.82) is 0 Å². The molecule has 1 aromatic carbocycles. The summed E-state index contributed by atoms with van der Waals surface area (Å²) in [6.45, 7) is 1.78. The molecule has 5 rings (SSSR count). The Hall–Kier alpha value is -4.21. The standard InChI is InChI=1S/C21H15F2N7O/c1-11(28-20-18-19(25-9-24-18)26-10-27-20)17-16(12-6-13(22)8-14(23)7-12)21(31)30-5-3-2-4-15(30)29-17/h2-11H,1H3,(H2,24,25,26,27,28). The quantitative estimate of drug-likeness (QED) is 0.463. The fourth-order valence-electron chi connectivity index (χ4n) is 3.54. The van der Waals surface area contributed by atoms with Gasteiger partial charge in [-0.2, -0.15) is 0 Å². The van der Waals surface area contributed by atoms with E-state index in [0.717, 1.165) is 18.2 Å². The molecule has 0 radical (unpaired) electrons. The molecule has 0 bridgehead atoms. The second kappa shape index (κ2) is 7.24. The van der Waals surface area contributed by atoms with E-state index in [1.54, 1.807) is 31.3 Å². The topological polar surface area (TPSA) is 101 Å². The molecule has 154 valence electrons. The van der Waals surface area contributed by atoms with Gasteiger partial charge in [0.1, 0.15) is 29.1 Å². The molecular weight excluding hydrogens is 404 g/mol. The van der Waals surface area contributed by atoms with Crippen LogP contribution in [0.4, 0.5) is 14.6 Å². The molecule has 4 heterocycles. The minimum absolute atomic E-state index is 0.0945. The van der Waals surface area contributed by atoms with Crippen molar-refractivity contribution in [3.8, 4) is 11.1 Å². The number of nitrogens with one attached hydrogen (secondary N) is 2. The number of H-pyrrole nitrogens is 1. The van der Waals surface area contributed by atoms with Crippen molar-refractivity contribution >= 4 is 22.6 Å². The lowest BCUT2D eigenvalue weighted by atomic mass is 10.0. The molecule has 0 aliphatic rings. The number of imidazole rings is 1. The summed E-state index contributed by atoms with van der Waals surface area (Å²) in [4.78, 5) is 33.3. The molecule has 0 saturated carbocycles. The van der Waals surface area contributed by atoms with Crippen LogP contribution in [0, 0.1) is 11.6 Å². The van der Waals surface area contributed by atoms with Crippen LogP contribution < -0.4 is 10.9 Å². The highest BCUT2D eigenvalue weighted by atomic mass is 19.1. The number of pyridine rings is 1. The van der Waals surface area contributed by atoms with Crippen LogP contribution in [-0.4, -0.2) is 29.3 Å². The van der Waals surface area contributed by atoms with E-state index in [9.17, 15) is 13.6 Å². The SMILES string of the molecule is CC(Nc1ncnc2nc[nH]c12)c1nc2ccccn2c(=O)c1-c1cc(F)cc(F)c1. The van der Waals surface area contributed by atoms with E-state index in [0.29, 0.717) is 28.3 Å². The second-order valence-corrected chi connectivity index (χ2v) is 6.95. The summed E-state index contributed by atoms with van der Waals surface area (Å²) in [7, 11) is 0. The summed E-state index contributed by atoms with van der Waals surface area (Å²) < 4.78 is 29.3. The van der Waals surface area contributed by atoms with Crippen LogP contribution >= 0.6 is 0 Å². The van der Waals surface area contributed by atoms with Gasteiger partial charge in [-0.1, -0.05) is 6.07 Å². The van der Waals surface area contributed by atoms with Gasteiger partial charge in [-0.25, -0.2) is 28.7 Å². The highest BCUT2D eigenvalue weighted by molar-refractivity contribution is 5.82. The summed E-state index contributed by atoms with van der Waals surface area (Å²) in [6.07, 6.45) is 4.42. The molecule has 31 heavy (non-hydrogen) atoms. The first kappa shape index (κ1) is 18.8. The third-order valence-electron chi connectivity index (χ3n) is 4.90. The van der Waals surface area contributed by atoms with Gasteiger partial charge in [0.25, 0.3) is 5.56 Å². The Morgan fingerprint density at radius 2 is 1.90 bits per heavy atom. The summed E-state index contributed by atoms with van der Waals surface area (Å²) >= 11 is 0. The smallest absolute Gasteiger partial charge is 0.266 e. The Kier molecular flexibility index (Phi) is 4.39. The summed E-state index contributed by atoms with van der Waals surface area (Å²) in [6, 6.07) is 7.57. The summed E-state index contributed by atoms with van der Waals surface area (Å²) in [5.74, 6) is -1.11. The average molecular weight is 419 g/mol. The molecule has 0 spiro atoms. The number of aromatic nitrogens is 6. The van der Waals surface area contributed by atoms with Gasteiger partial charge in [-0.05, 0) is 36.8 Å². The van der Waals surface area contributed by atoms with E-state index < -0.39 is 23.2 Å². The lowest BCUT2D eigenvalue weighted by Gasteiger charge is -2.18. The number of rotatable bonds is 4. The number of fused-ring (bicyclic) bond motifs is 2. The minimum Gasteiger partial charge on any atom is -0.360 e. The molecule has 1 atom stereocenters. The van der Waals surface area contributed by atoms with Gasteiger partial charge in [0.15, 0.2) is 11.5 Å². The molecule has 0 fully saturated rings. The van der Waals surface area contributed by atoms with Crippen molar-refractivity contribution < 1.29 is 8.78 Å². The Bertz CT molecular complexity index is 1470. The van der Waals surface area contributed by atoms with Gasteiger partial charge in [-0.3, -0.25) is 9.20 Å². The zero-order chi connectivity index (χ0) is 21.5. The molecule has 0 saturated heterocycles. The molecule has 2 N–H and O–H groups in total. The van der Waals surface area contributed by atoms with Gasteiger partial charge < -0.3 is 10.3 Å². The highest BCUT2D eigenvalue weighted by Crippen LogP contribution is 2.28. The Labute approximate surface area is 173 Å². The first-order chi connectivity index (χ1) is 15.0. The average Bonchev–Trinajstić information content (AvgIpc) is 3.23. The van der Waals surface area contributed by atoms with Crippen molar-refractivity contribution in [2.24, 2.45) is 0 Å². The molecule has 4 aromatic heterocycles. The molecule has 1 unspecified atom stereocenters. The van der Waals surface area contributed by atoms with Crippen LogP contribution in [0.2, 0.25) is 0 Å². The second-order valence-electron chi connectivity index (χ2n) is 6.95. The number of halogens is 2. The predicted molar refractivity (Wildman–Crippen MR) is 111 cm³/mol. The molecule has 5 aromatic rings. The van der Waals surface area contributed by atoms with E-state index in [1.165, 1.54) is 17.1 Å². The van der Waals surface area contributed by atoms with Gasteiger partial charge in [0, 0.05) is 12.3 Å². The van der Waals surface area contributed by atoms with Crippen molar-refractivity contribution in [3.63, 3.8) is 0 Å². The minimum atomic E-state index is -0.783. The monoisotopic (exact) mass is 419 g/mol. The number of nitrogens with zero attached hydrogens (tertiary/aromatic N) is 5. The number of hydrogen-bond acceptors (Lipinski definition) is 6. The van der Waals surface area contributed by atoms with E-state index in [2.05, 4.69) is 30.2 Å². The molecule has 8 nitrogen and oxygen atoms in total. The van der Waals surface area contributed by atoms with E-state index >= 15 is 0 Å². The first-order valence-corrected chi connectivity index (χ1v) is 9.39. The Morgan fingerprint density at radius 3 is 2.71 bits per heavy atom. The normalized spacial score (nSPS) is 12.4. The highest BCUT2D eigenvalue weighted by Gasteiger charge is 2.22. The van der Waals surface area contributed by atoms with Crippen LogP contribution in [0.15, 0.2) is 60.0 Å². The fraction of sp³-hybridized carbons (Fsp3) is 0.0952. The molecular formula is C21H15F2N7O. The zero-order valence-corrected chi connectivity index (χ0v) is 16.2. The molecule has 10 heteroatoms. The Balaban J connectivity index is 1.71. The van der Waals surface area contributed by atoms with Crippen molar-refractivity contribution in [1.82, 2.24) is 29.3 Å². The van der Waals surface area contributed by atoms with E-state index in [4.69, 9.17) is 0 Å². The van der Waals surface area contributed by atoms with Crippen LogP contribution in [0.1, 0.15) is 18.7 Å². The van der Waals surface area contributed by atoms with Crippen LogP contribution in [-0.2, 0) is 0 Å². The van der Waals surface area contributed by atoms with Crippen molar-refractivity contribution in [2.75, 3.05) is 5.32 Å². The van der Waals surface area contributed by atoms with E-state index in [1.807, 2.05) is 0 Å². The van der Waals surface area contributed by atoms with Crippen LogP contribution in [0.25, 0.3) is 27.9 Å². The first-order valence-electron chi connectivity index (χ1n) is 9.39. The van der Waals surface area contributed by atoms with Crippen LogP contribution in [0.5, 0.6) is 0 Å². The largest absolute Gasteiger partial charge is 0.360 e. The number of hydrogen-bond donors (Lipinski definition) is 2. The third kappa shape index (κ3) is 3.27. The van der Waals surface area contributed by atoms with Crippen molar-refractivity contribution in [3.05, 3.63) is 82.9 Å². The predicted octanol–water partition coefficient (Wildman–Crippen LogP) is 3.48. The number of benzene rings is 1. The molecule has 0 amide bonds. The lowest BCUT2D eigenvalue weighted by molar-refractivity contribution is 0.584. The lowest BCUT2D eigenvalue weighted by Crippen LogP contribution is -2.23. The fourth-order valence-corrected chi connectivity index (χ4v) is 3.54. The van der Waals surface area contributed by atoms with E-state index in [-0.39, 0.29) is 11.1 Å². The number of aromatic amines is 1. The summed E-state index contributed by atoms with van der Waals surface area (Å²) in [5.41, 5.74) is 1.56. The maximum Gasteiger partial charge on any atom is 0.266 e. The van der Waals surface area contributed by atoms with Gasteiger partial charge in [-0.15, -0.1) is 0 Å². The van der Waals surface area contributed by atoms with Gasteiger partial charge in [0.05, 0.1) is 23.6 Å². The maximum absolute atomic E-state index is 14.0.